The zero-order valence-corrected chi connectivity index (χ0v) is 12.6. The number of nitrogens with one attached hydrogen (secondary N) is 1. The van der Waals surface area contributed by atoms with E-state index < -0.39 is 5.91 Å². The van der Waals surface area contributed by atoms with Crippen LogP contribution in [0, 0.1) is 0 Å². The lowest BCUT2D eigenvalue weighted by atomic mass is 10.1. The fourth-order valence-electron chi connectivity index (χ4n) is 2.18. The van der Waals surface area contributed by atoms with Crippen LogP contribution in [-0.2, 0) is 7.05 Å². The van der Waals surface area contributed by atoms with Crippen molar-refractivity contribution in [2.24, 2.45) is 12.1 Å². The van der Waals surface area contributed by atoms with Crippen LogP contribution in [0.5, 0.6) is 0 Å². The molecule has 1 aromatic carbocycles. The lowest BCUT2D eigenvalue weighted by Crippen LogP contribution is -2.26. The van der Waals surface area contributed by atoms with Crippen LogP contribution < -0.4 is 10.9 Å². The molecule has 2 heterocycles. The Kier molecular flexibility index (Phi) is 3.84. The van der Waals surface area contributed by atoms with Crippen molar-refractivity contribution in [3.63, 3.8) is 0 Å². The number of aryl methyl sites for hydroxylation is 1. The first-order valence-corrected chi connectivity index (χ1v) is 7.50. The summed E-state index contributed by atoms with van der Waals surface area (Å²) in [6.45, 7) is 0. The monoisotopic (exact) mass is 311 g/mol. The molecule has 0 unspecified atom stereocenters. The van der Waals surface area contributed by atoms with Gasteiger partial charge in [0.25, 0.3) is 5.91 Å². The minimum absolute atomic E-state index is 0.0736. The number of aromatic nitrogens is 1. The molecule has 1 amide bonds. The van der Waals surface area contributed by atoms with Crippen LogP contribution in [0.1, 0.15) is 15.2 Å². The molecule has 0 spiro atoms. The van der Waals surface area contributed by atoms with E-state index in [1.807, 2.05) is 29.6 Å². The number of pyridine rings is 1. The van der Waals surface area contributed by atoms with E-state index in [0.29, 0.717) is 5.39 Å². The number of fused-ring (bicyclic) bond motifs is 1. The Balaban J connectivity index is 1.91. The SMILES string of the molecule is Cn1cc(C(=O)NN=Cc2cccs2)c(=O)c2ccccc21. The van der Waals surface area contributed by atoms with Gasteiger partial charge in [-0.2, -0.15) is 5.10 Å². The molecule has 0 radical (unpaired) electrons. The first kappa shape index (κ1) is 14.2. The zero-order chi connectivity index (χ0) is 15.5. The first-order valence-electron chi connectivity index (χ1n) is 6.62. The number of carbonyl (C=O) groups is 1. The highest BCUT2D eigenvalue weighted by Crippen LogP contribution is 2.10. The van der Waals surface area contributed by atoms with E-state index in [0.717, 1.165) is 10.4 Å². The van der Waals surface area contributed by atoms with Crippen LogP contribution in [0.15, 0.2) is 57.9 Å². The summed E-state index contributed by atoms with van der Waals surface area (Å²) in [6.07, 6.45) is 3.08. The Morgan fingerprint density at radius 2 is 2.09 bits per heavy atom. The van der Waals surface area contributed by atoms with E-state index in [2.05, 4.69) is 10.5 Å². The summed E-state index contributed by atoms with van der Waals surface area (Å²) in [5, 5.41) is 6.31. The third kappa shape index (κ3) is 2.68. The van der Waals surface area contributed by atoms with Gasteiger partial charge in [0.2, 0.25) is 5.43 Å². The van der Waals surface area contributed by atoms with Crippen molar-refractivity contribution >= 4 is 34.4 Å². The van der Waals surface area contributed by atoms with Crippen molar-refractivity contribution < 1.29 is 4.79 Å². The minimum Gasteiger partial charge on any atom is -0.350 e. The highest BCUT2D eigenvalue weighted by atomic mass is 32.1. The average molecular weight is 311 g/mol. The minimum atomic E-state index is -0.515. The van der Waals surface area contributed by atoms with Crippen LogP contribution >= 0.6 is 11.3 Å². The summed E-state index contributed by atoms with van der Waals surface area (Å²) < 4.78 is 1.76. The van der Waals surface area contributed by atoms with Gasteiger partial charge in [0.05, 0.1) is 11.7 Å². The Bertz CT molecular complexity index is 911. The van der Waals surface area contributed by atoms with E-state index >= 15 is 0 Å². The molecule has 0 aliphatic carbocycles. The van der Waals surface area contributed by atoms with Crippen molar-refractivity contribution in [3.05, 3.63) is 68.6 Å². The molecule has 0 saturated carbocycles. The van der Waals surface area contributed by atoms with Gasteiger partial charge in [0.15, 0.2) is 0 Å². The fraction of sp³-hybridized carbons (Fsp3) is 0.0625. The maximum Gasteiger partial charge on any atom is 0.276 e. The number of amides is 1. The molecule has 0 aliphatic rings. The smallest absolute Gasteiger partial charge is 0.276 e. The van der Waals surface area contributed by atoms with Crippen molar-refractivity contribution in [2.75, 3.05) is 0 Å². The molecule has 0 bridgehead atoms. The number of carbonyl (C=O) groups excluding carboxylic acids is 1. The Hall–Kier alpha value is -2.73. The van der Waals surface area contributed by atoms with Crippen LogP contribution in [0.2, 0.25) is 0 Å². The van der Waals surface area contributed by atoms with Crippen LogP contribution in [0.25, 0.3) is 10.9 Å². The molecule has 0 atom stereocenters. The van der Waals surface area contributed by atoms with Gasteiger partial charge in [-0.25, -0.2) is 5.43 Å². The molecule has 3 aromatic rings. The second-order valence-electron chi connectivity index (χ2n) is 4.71. The topological polar surface area (TPSA) is 63.5 Å². The molecule has 3 rings (SSSR count). The number of nitrogens with zero attached hydrogens (tertiary/aromatic N) is 2. The largest absolute Gasteiger partial charge is 0.350 e. The standard InChI is InChI=1S/C16H13N3O2S/c1-19-10-13(15(20)12-6-2-3-7-14(12)19)16(21)18-17-9-11-5-4-8-22-11/h2-10H,1H3,(H,18,21). The summed E-state index contributed by atoms with van der Waals surface area (Å²) >= 11 is 1.51. The molecule has 2 aromatic heterocycles. The molecule has 0 fully saturated rings. The fourth-order valence-corrected chi connectivity index (χ4v) is 2.77. The second-order valence-corrected chi connectivity index (χ2v) is 5.69. The molecular weight excluding hydrogens is 298 g/mol. The van der Waals surface area contributed by atoms with Crippen LogP contribution in [0.3, 0.4) is 0 Å². The Labute approximate surface area is 130 Å². The molecule has 110 valence electrons. The highest BCUT2D eigenvalue weighted by molar-refractivity contribution is 7.11. The molecule has 22 heavy (non-hydrogen) atoms. The summed E-state index contributed by atoms with van der Waals surface area (Å²) in [6, 6.07) is 11.0. The molecule has 0 saturated heterocycles. The Morgan fingerprint density at radius 3 is 2.86 bits per heavy atom. The summed E-state index contributed by atoms with van der Waals surface area (Å²) in [5.41, 5.74) is 2.96. The summed E-state index contributed by atoms with van der Waals surface area (Å²) in [7, 11) is 1.80. The van der Waals surface area contributed by atoms with Crippen molar-refractivity contribution in [3.8, 4) is 0 Å². The highest BCUT2D eigenvalue weighted by Gasteiger charge is 2.13. The van der Waals surface area contributed by atoms with E-state index in [4.69, 9.17) is 0 Å². The number of hydrazone groups is 1. The number of hydrogen-bond donors (Lipinski definition) is 1. The molecular formula is C16H13N3O2S. The van der Waals surface area contributed by atoms with Gasteiger partial charge >= 0.3 is 0 Å². The predicted octanol–water partition coefficient (Wildman–Crippen LogP) is 2.36. The lowest BCUT2D eigenvalue weighted by Gasteiger charge is -2.07. The van der Waals surface area contributed by atoms with Crippen molar-refractivity contribution in [1.29, 1.82) is 0 Å². The number of hydrogen-bond acceptors (Lipinski definition) is 4. The van der Waals surface area contributed by atoms with E-state index in [9.17, 15) is 9.59 Å². The second kappa shape index (κ2) is 5.95. The maximum absolute atomic E-state index is 12.4. The maximum atomic E-state index is 12.4. The normalized spacial score (nSPS) is 11.1. The van der Waals surface area contributed by atoms with E-state index in [1.54, 1.807) is 30.0 Å². The van der Waals surface area contributed by atoms with Gasteiger partial charge in [0.1, 0.15) is 5.56 Å². The molecule has 0 aliphatic heterocycles. The predicted molar refractivity (Wildman–Crippen MR) is 88.6 cm³/mol. The van der Waals surface area contributed by atoms with E-state index in [-0.39, 0.29) is 11.0 Å². The Morgan fingerprint density at radius 1 is 1.27 bits per heavy atom. The van der Waals surface area contributed by atoms with Gasteiger partial charge < -0.3 is 4.57 Å². The van der Waals surface area contributed by atoms with Crippen molar-refractivity contribution in [2.45, 2.75) is 0 Å². The van der Waals surface area contributed by atoms with Gasteiger partial charge in [-0.3, -0.25) is 9.59 Å². The third-order valence-corrected chi connectivity index (χ3v) is 4.05. The summed E-state index contributed by atoms with van der Waals surface area (Å²) in [4.78, 5) is 25.5. The van der Waals surface area contributed by atoms with Gasteiger partial charge in [-0.15, -0.1) is 11.3 Å². The summed E-state index contributed by atoms with van der Waals surface area (Å²) in [5.74, 6) is -0.515. The van der Waals surface area contributed by atoms with E-state index in [1.165, 1.54) is 17.5 Å². The van der Waals surface area contributed by atoms with Crippen LogP contribution in [-0.4, -0.2) is 16.7 Å². The molecule has 5 nitrogen and oxygen atoms in total. The van der Waals surface area contributed by atoms with Gasteiger partial charge in [0, 0.05) is 23.5 Å². The molecule has 1 N–H and O–H groups in total. The number of para-hydroxylation sites is 1. The van der Waals surface area contributed by atoms with Gasteiger partial charge in [-0.1, -0.05) is 18.2 Å². The quantitative estimate of drug-likeness (QED) is 0.596. The van der Waals surface area contributed by atoms with Crippen molar-refractivity contribution in [1.82, 2.24) is 9.99 Å². The van der Waals surface area contributed by atoms with Crippen LogP contribution in [0.4, 0.5) is 0 Å². The third-order valence-electron chi connectivity index (χ3n) is 3.24. The first-order chi connectivity index (χ1) is 10.7. The number of benzene rings is 1. The average Bonchev–Trinajstić information content (AvgIpc) is 3.04. The molecule has 6 heteroatoms. The zero-order valence-electron chi connectivity index (χ0n) is 11.8. The van der Waals surface area contributed by atoms with Gasteiger partial charge in [-0.05, 0) is 23.6 Å². The number of thiophene rings is 1. The number of rotatable bonds is 3. The lowest BCUT2D eigenvalue weighted by molar-refractivity contribution is 0.0953.